The number of thiazole rings is 1. The molecule has 4 rings (SSSR count). The van der Waals surface area contributed by atoms with Gasteiger partial charge in [-0.1, -0.05) is 0 Å². The number of carboxylic acid groups (broad SMARTS) is 1. The Morgan fingerprint density at radius 3 is 2.86 bits per heavy atom. The van der Waals surface area contributed by atoms with E-state index in [0.717, 1.165) is 12.3 Å². The average molecular weight is 405 g/mol. The Bertz CT molecular complexity index is 1120. The lowest BCUT2D eigenvalue weighted by molar-refractivity contribution is 0.0695. The fourth-order valence-corrected chi connectivity index (χ4v) is 3.91. The van der Waals surface area contributed by atoms with E-state index in [-0.39, 0.29) is 29.0 Å². The van der Waals surface area contributed by atoms with Crippen molar-refractivity contribution in [2.45, 2.75) is 12.1 Å². The molecular weight excluding hydrogens is 389 g/mol. The summed E-state index contributed by atoms with van der Waals surface area (Å²) in [5.41, 5.74) is 4.85. The molecule has 1 aliphatic rings. The third kappa shape index (κ3) is 2.93. The highest BCUT2D eigenvalue weighted by atomic mass is 32.1. The quantitative estimate of drug-likeness (QED) is 0.655. The van der Waals surface area contributed by atoms with Gasteiger partial charge in [0.05, 0.1) is 17.5 Å². The molecule has 0 bridgehead atoms. The summed E-state index contributed by atoms with van der Waals surface area (Å²) in [4.78, 5) is 34.2. The van der Waals surface area contributed by atoms with Gasteiger partial charge in [0.15, 0.2) is 22.4 Å². The number of nitrogens with zero attached hydrogens (tertiary/aromatic N) is 4. The molecule has 11 heteroatoms. The molecule has 1 aliphatic heterocycles. The molecule has 3 N–H and O–H groups in total. The Labute approximate surface area is 161 Å². The number of aromatic carboxylic acids is 1. The van der Waals surface area contributed by atoms with Gasteiger partial charge in [0.25, 0.3) is 0 Å². The summed E-state index contributed by atoms with van der Waals surface area (Å²) in [6.45, 7) is 0.685. The molecular formula is C17H16FN5O4S. The standard InChI is InChI=1S/C17H16FN5O4S/c1-27-12-7-22(6-11(12)19)15-10(18)4-8-13(24)9(16(25)26)5-23(14(8)21-15)17-20-2-3-28-17/h2-5,11-12H,6-7,19H2,1H3,(H,25,26)/t11-,12-/m1/s1. The highest BCUT2D eigenvalue weighted by Crippen LogP contribution is 2.27. The minimum atomic E-state index is -1.41. The van der Waals surface area contributed by atoms with Gasteiger partial charge < -0.3 is 20.5 Å². The number of halogens is 1. The number of rotatable bonds is 4. The van der Waals surface area contributed by atoms with Crippen molar-refractivity contribution >= 4 is 34.2 Å². The lowest BCUT2D eigenvalue weighted by Crippen LogP contribution is -2.34. The van der Waals surface area contributed by atoms with Crippen molar-refractivity contribution in [3.05, 3.63) is 45.4 Å². The lowest BCUT2D eigenvalue weighted by atomic mass is 10.2. The maximum Gasteiger partial charge on any atom is 0.341 e. The number of carboxylic acids is 1. The van der Waals surface area contributed by atoms with Crippen molar-refractivity contribution < 1.29 is 19.0 Å². The van der Waals surface area contributed by atoms with Gasteiger partial charge in [0, 0.05) is 38.0 Å². The van der Waals surface area contributed by atoms with Gasteiger partial charge in [-0.2, -0.15) is 0 Å². The van der Waals surface area contributed by atoms with Gasteiger partial charge in [-0.05, 0) is 6.07 Å². The van der Waals surface area contributed by atoms with Gasteiger partial charge >= 0.3 is 5.97 Å². The van der Waals surface area contributed by atoms with E-state index in [1.165, 1.54) is 29.2 Å². The largest absolute Gasteiger partial charge is 0.477 e. The monoisotopic (exact) mass is 405 g/mol. The average Bonchev–Trinajstić information content (AvgIpc) is 3.31. The zero-order valence-corrected chi connectivity index (χ0v) is 15.5. The van der Waals surface area contributed by atoms with Crippen LogP contribution in [-0.2, 0) is 4.74 Å². The lowest BCUT2D eigenvalue weighted by Gasteiger charge is -2.19. The highest BCUT2D eigenvalue weighted by Gasteiger charge is 2.33. The van der Waals surface area contributed by atoms with E-state index in [2.05, 4.69) is 9.97 Å². The molecule has 0 amide bonds. The van der Waals surface area contributed by atoms with E-state index in [4.69, 9.17) is 10.5 Å². The Kier molecular flexibility index (Phi) is 4.57. The number of carbonyl (C=O) groups is 1. The van der Waals surface area contributed by atoms with Crippen molar-refractivity contribution in [2.75, 3.05) is 25.1 Å². The summed E-state index contributed by atoms with van der Waals surface area (Å²) in [5, 5.41) is 11.3. The minimum absolute atomic E-state index is 0.0234. The molecule has 4 heterocycles. The zero-order chi connectivity index (χ0) is 20.0. The SMILES string of the molecule is CO[C@@H]1CN(c2nc3c(cc2F)c(=O)c(C(=O)O)cn3-c2nccs2)C[C@H]1N. The van der Waals surface area contributed by atoms with Crippen LogP contribution in [0.3, 0.4) is 0 Å². The van der Waals surface area contributed by atoms with Crippen molar-refractivity contribution in [2.24, 2.45) is 5.73 Å². The van der Waals surface area contributed by atoms with Crippen LogP contribution in [0.2, 0.25) is 0 Å². The van der Waals surface area contributed by atoms with Gasteiger partial charge in [-0.3, -0.25) is 9.36 Å². The molecule has 3 aromatic rings. The van der Waals surface area contributed by atoms with E-state index >= 15 is 0 Å². The molecule has 2 atom stereocenters. The molecule has 146 valence electrons. The van der Waals surface area contributed by atoms with Gasteiger partial charge in [-0.15, -0.1) is 11.3 Å². The fourth-order valence-electron chi connectivity index (χ4n) is 3.29. The third-order valence-corrected chi connectivity index (χ3v) is 5.45. The maximum absolute atomic E-state index is 14.8. The van der Waals surface area contributed by atoms with Crippen molar-refractivity contribution in [3.63, 3.8) is 0 Å². The molecule has 1 fully saturated rings. The summed E-state index contributed by atoms with van der Waals surface area (Å²) >= 11 is 1.23. The normalized spacial score (nSPS) is 19.5. The number of fused-ring (bicyclic) bond motifs is 1. The maximum atomic E-state index is 14.8. The molecule has 0 unspecified atom stereocenters. The Balaban J connectivity index is 1.96. The second-order valence-electron chi connectivity index (χ2n) is 6.37. The number of methoxy groups -OCH3 is 1. The number of ether oxygens (including phenoxy) is 1. The molecule has 28 heavy (non-hydrogen) atoms. The molecule has 3 aromatic heterocycles. The predicted octanol–water partition coefficient (Wildman–Crippen LogP) is 0.842. The Morgan fingerprint density at radius 2 is 2.25 bits per heavy atom. The van der Waals surface area contributed by atoms with Crippen LogP contribution in [0.25, 0.3) is 16.2 Å². The predicted molar refractivity (Wildman–Crippen MR) is 101 cm³/mol. The summed E-state index contributed by atoms with van der Waals surface area (Å²) in [7, 11) is 1.53. The van der Waals surface area contributed by atoms with Crippen LogP contribution in [0.15, 0.2) is 28.6 Å². The van der Waals surface area contributed by atoms with Crippen molar-refractivity contribution in [3.8, 4) is 5.13 Å². The number of hydrogen-bond acceptors (Lipinski definition) is 8. The Hall–Kier alpha value is -2.89. The summed E-state index contributed by atoms with van der Waals surface area (Å²) in [6, 6.07) is 0.708. The van der Waals surface area contributed by atoms with Crippen LogP contribution in [0.1, 0.15) is 10.4 Å². The first-order chi connectivity index (χ1) is 13.4. The smallest absolute Gasteiger partial charge is 0.341 e. The zero-order valence-electron chi connectivity index (χ0n) is 14.7. The minimum Gasteiger partial charge on any atom is -0.477 e. The van der Waals surface area contributed by atoms with Crippen LogP contribution in [0.5, 0.6) is 0 Å². The van der Waals surface area contributed by atoms with Gasteiger partial charge in [0.2, 0.25) is 5.43 Å². The fraction of sp³-hybridized carbons (Fsp3) is 0.294. The van der Waals surface area contributed by atoms with Crippen LogP contribution >= 0.6 is 11.3 Å². The number of anilines is 1. The topological polar surface area (TPSA) is 124 Å². The van der Waals surface area contributed by atoms with Gasteiger partial charge in [0.1, 0.15) is 5.56 Å². The molecule has 9 nitrogen and oxygen atoms in total. The molecule has 0 saturated carbocycles. The van der Waals surface area contributed by atoms with Crippen LogP contribution < -0.4 is 16.1 Å². The first-order valence-corrected chi connectivity index (χ1v) is 9.21. The Morgan fingerprint density at radius 1 is 1.46 bits per heavy atom. The number of aromatic nitrogens is 3. The molecule has 1 saturated heterocycles. The first kappa shape index (κ1) is 18.5. The summed E-state index contributed by atoms with van der Waals surface area (Å²) in [5.74, 6) is -2.12. The molecule has 0 aromatic carbocycles. The van der Waals surface area contributed by atoms with Gasteiger partial charge in [-0.25, -0.2) is 19.2 Å². The molecule has 0 radical (unpaired) electrons. The summed E-state index contributed by atoms with van der Waals surface area (Å²) in [6.07, 6.45) is 2.43. The van der Waals surface area contributed by atoms with Crippen molar-refractivity contribution in [1.82, 2.24) is 14.5 Å². The number of pyridine rings is 2. The second-order valence-corrected chi connectivity index (χ2v) is 7.24. The summed E-state index contributed by atoms with van der Waals surface area (Å²) < 4.78 is 21.5. The van der Waals surface area contributed by atoms with E-state index in [1.54, 1.807) is 10.3 Å². The van der Waals surface area contributed by atoms with Crippen molar-refractivity contribution in [1.29, 1.82) is 0 Å². The number of hydrogen-bond donors (Lipinski definition) is 2. The highest BCUT2D eigenvalue weighted by molar-refractivity contribution is 7.12. The second kappa shape index (κ2) is 6.93. The first-order valence-electron chi connectivity index (χ1n) is 8.33. The van der Waals surface area contributed by atoms with E-state index in [1.807, 2.05) is 0 Å². The number of nitrogens with two attached hydrogens (primary N) is 1. The van der Waals surface area contributed by atoms with E-state index in [0.29, 0.717) is 18.2 Å². The van der Waals surface area contributed by atoms with Crippen LogP contribution in [0, 0.1) is 5.82 Å². The van der Waals surface area contributed by atoms with Crippen LogP contribution in [0.4, 0.5) is 10.2 Å². The van der Waals surface area contributed by atoms with E-state index in [9.17, 15) is 19.1 Å². The van der Waals surface area contributed by atoms with E-state index < -0.39 is 22.8 Å². The molecule has 0 spiro atoms. The third-order valence-electron chi connectivity index (χ3n) is 4.68. The molecule has 0 aliphatic carbocycles. The van der Waals surface area contributed by atoms with Crippen LogP contribution in [-0.4, -0.2) is 58.0 Å².